The Morgan fingerprint density at radius 1 is 0.861 bits per heavy atom. The van der Waals surface area contributed by atoms with Crippen molar-refractivity contribution >= 4 is 40.5 Å². The Hall–Kier alpha value is -3.18. The van der Waals surface area contributed by atoms with Gasteiger partial charge in [-0.2, -0.15) is 5.10 Å². The highest BCUT2D eigenvalue weighted by atomic mass is 35.5. The summed E-state index contributed by atoms with van der Waals surface area (Å²) in [5, 5.41) is 6.56. The van der Waals surface area contributed by atoms with Crippen LogP contribution < -0.4 is 10.2 Å². The molecule has 6 heteroatoms. The number of hydrogen-bond acceptors (Lipinski definition) is 4. The first-order valence-electron chi connectivity index (χ1n) is 12.9. The number of nitrogens with zero attached hydrogens (tertiary/aromatic N) is 1. The number of hydrogen-bond donors (Lipinski definition) is 1. The van der Waals surface area contributed by atoms with Crippen molar-refractivity contribution in [3.8, 4) is 5.75 Å². The Bertz CT molecular complexity index is 1160. The summed E-state index contributed by atoms with van der Waals surface area (Å²) < 4.78 is 5.68. The maximum atomic E-state index is 12.7. The fourth-order valence-electron chi connectivity index (χ4n) is 4.06. The number of esters is 1. The van der Waals surface area contributed by atoms with Crippen molar-refractivity contribution in [1.82, 2.24) is 5.43 Å². The molecule has 36 heavy (non-hydrogen) atoms. The monoisotopic (exact) mass is 506 g/mol. The zero-order valence-electron chi connectivity index (χ0n) is 21.0. The molecule has 0 radical (unpaired) electrons. The van der Waals surface area contributed by atoms with Gasteiger partial charge in [-0.15, -0.1) is 0 Å². The molecule has 0 aliphatic carbocycles. The molecule has 1 N–H and O–H groups in total. The first-order chi connectivity index (χ1) is 17.6. The van der Waals surface area contributed by atoms with Crippen molar-refractivity contribution in [2.45, 2.75) is 71.1 Å². The van der Waals surface area contributed by atoms with Gasteiger partial charge in [0.15, 0.2) is 0 Å². The number of halogens is 1. The van der Waals surface area contributed by atoms with Crippen LogP contribution in [0.3, 0.4) is 0 Å². The lowest BCUT2D eigenvalue weighted by molar-refractivity contribution is -0.121. The zero-order valence-corrected chi connectivity index (χ0v) is 21.7. The molecule has 0 saturated carbocycles. The second-order valence-electron chi connectivity index (χ2n) is 8.97. The number of rotatable bonds is 14. The van der Waals surface area contributed by atoms with Crippen molar-refractivity contribution in [2.75, 3.05) is 0 Å². The van der Waals surface area contributed by atoms with Gasteiger partial charge in [0.25, 0.3) is 0 Å². The van der Waals surface area contributed by atoms with E-state index < -0.39 is 5.97 Å². The van der Waals surface area contributed by atoms with E-state index >= 15 is 0 Å². The number of ether oxygens (including phenoxy) is 1. The van der Waals surface area contributed by atoms with Gasteiger partial charge in [-0.3, -0.25) is 4.79 Å². The Balaban J connectivity index is 1.56. The summed E-state index contributed by atoms with van der Waals surface area (Å²) in [6, 6.07) is 17.9. The van der Waals surface area contributed by atoms with E-state index in [0.29, 0.717) is 28.3 Å². The molecule has 0 heterocycles. The van der Waals surface area contributed by atoms with Gasteiger partial charge in [0.05, 0.1) is 11.8 Å². The van der Waals surface area contributed by atoms with Gasteiger partial charge in [0, 0.05) is 17.0 Å². The summed E-state index contributed by atoms with van der Waals surface area (Å²) in [7, 11) is 0. The molecule has 0 aliphatic rings. The van der Waals surface area contributed by atoms with Crippen molar-refractivity contribution in [1.29, 1.82) is 0 Å². The van der Waals surface area contributed by atoms with Gasteiger partial charge in [-0.1, -0.05) is 100 Å². The second-order valence-corrected chi connectivity index (χ2v) is 9.40. The minimum absolute atomic E-state index is 0.117. The van der Waals surface area contributed by atoms with E-state index in [0.717, 1.165) is 23.6 Å². The predicted octanol–water partition coefficient (Wildman–Crippen LogP) is 8.08. The van der Waals surface area contributed by atoms with Gasteiger partial charge in [0.2, 0.25) is 5.91 Å². The smallest absolute Gasteiger partial charge is 0.343 e. The molecule has 3 aromatic rings. The highest BCUT2D eigenvalue weighted by molar-refractivity contribution is 6.30. The number of carbonyl (C=O) groups is 2. The molecule has 0 fully saturated rings. The Kier molecular flexibility index (Phi) is 11.5. The average molecular weight is 507 g/mol. The minimum Gasteiger partial charge on any atom is -0.422 e. The van der Waals surface area contributed by atoms with E-state index in [4.69, 9.17) is 16.3 Å². The van der Waals surface area contributed by atoms with Crippen LogP contribution in [0.15, 0.2) is 65.8 Å². The number of nitrogens with one attached hydrogen (secondary N) is 1. The van der Waals surface area contributed by atoms with Crippen LogP contribution in [0.2, 0.25) is 5.02 Å². The third-order valence-electron chi connectivity index (χ3n) is 6.10. The summed E-state index contributed by atoms with van der Waals surface area (Å²) in [5.41, 5.74) is 3.63. The maximum Gasteiger partial charge on any atom is 0.343 e. The lowest BCUT2D eigenvalue weighted by Gasteiger charge is -2.10. The van der Waals surface area contributed by atoms with Crippen molar-refractivity contribution in [3.63, 3.8) is 0 Å². The van der Waals surface area contributed by atoms with E-state index in [1.54, 1.807) is 36.5 Å². The Labute approximate surface area is 218 Å². The molecule has 3 aromatic carbocycles. The molecule has 0 atom stereocenters. The largest absolute Gasteiger partial charge is 0.422 e. The quantitative estimate of drug-likeness (QED) is 0.0789. The summed E-state index contributed by atoms with van der Waals surface area (Å²) in [5.74, 6) is -0.245. The third kappa shape index (κ3) is 8.80. The summed E-state index contributed by atoms with van der Waals surface area (Å²) >= 11 is 5.92. The number of unbranched alkanes of at least 4 members (excludes halogenated alkanes) is 8. The Morgan fingerprint density at radius 3 is 2.25 bits per heavy atom. The van der Waals surface area contributed by atoms with Crippen LogP contribution >= 0.6 is 11.6 Å². The number of benzene rings is 3. The van der Waals surface area contributed by atoms with Gasteiger partial charge in [0.1, 0.15) is 5.75 Å². The molecule has 0 spiro atoms. The van der Waals surface area contributed by atoms with Crippen LogP contribution in [0, 0.1) is 0 Å². The van der Waals surface area contributed by atoms with E-state index in [-0.39, 0.29) is 5.91 Å². The SMILES string of the molecule is CCCCCCCCCCCC(=O)N/N=C/c1c(OC(=O)c2ccc(Cl)cc2)ccc2ccccc12. The minimum atomic E-state index is -0.494. The van der Waals surface area contributed by atoms with Crippen molar-refractivity contribution < 1.29 is 14.3 Å². The van der Waals surface area contributed by atoms with Gasteiger partial charge in [-0.25, -0.2) is 10.2 Å². The molecule has 0 unspecified atom stereocenters. The highest BCUT2D eigenvalue weighted by Gasteiger charge is 2.13. The summed E-state index contributed by atoms with van der Waals surface area (Å²) in [6.45, 7) is 2.23. The fraction of sp³-hybridized carbons (Fsp3) is 0.367. The molecule has 190 valence electrons. The number of carbonyl (C=O) groups excluding carboxylic acids is 2. The van der Waals surface area contributed by atoms with Crippen LogP contribution in [0.4, 0.5) is 0 Å². The van der Waals surface area contributed by atoms with Gasteiger partial charge >= 0.3 is 5.97 Å². The summed E-state index contributed by atoms with van der Waals surface area (Å²) in [6.07, 6.45) is 12.8. The summed E-state index contributed by atoms with van der Waals surface area (Å²) in [4.78, 5) is 24.9. The average Bonchev–Trinajstić information content (AvgIpc) is 2.89. The first kappa shape index (κ1) is 27.4. The molecule has 0 aliphatic heterocycles. The van der Waals surface area contributed by atoms with E-state index in [1.165, 1.54) is 44.9 Å². The molecular weight excluding hydrogens is 472 g/mol. The van der Waals surface area contributed by atoms with Gasteiger partial charge in [-0.05, 0) is 47.5 Å². The predicted molar refractivity (Wildman–Crippen MR) is 148 cm³/mol. The van der Waals surface area contributed by atoms with E-state index in [9.17, 15) is 9.59 Å². The molecular formula is C30H35ClN2O3. The van der Waals surface area contributed by atoms with Crippen molar-refractivity contribution in [2.24, 2.45) is 5.10 Å². The van der Waals surface area contributed by atoms with E-state index in [2.05, 4.69) is 17.5 Å². The second kappa shape index (κ2) is 15.0. The van der Waals surface area contributed by atoms with Crippen LogP contribution in [0.1, 0.15) is 87.1 Å². The first-order valence-corrected chi connectivity index (χ1v) is 13.3. The third-order valence-corrected chi connectivity index (χ3v) is 6.36. The molecule has 0 bridgehead atoms. The van der Waals surface area contributed by atoms with Gasteiger partial charge < -0.3 is 4.74 Å². The highest BCUT2D eigenvalue weighted by Crippen LogP contribution is 2.27. The van der Waals surface area contributed by atoms with E-state index in [1.807, 2.05) is 30.3 Å². The number of hydrazone groups is 1. The maximum absolute atomic E-state index is 12.7. The zero-order chi connectivity index (χ0) is 25.6. The molecule has 1 amide bonds. The standard InChI is InChI=1S/C30H35ClN2O3/c1-2-3-4-5-6-7-8-9-10-15-29(34)33-32-22-27-26-14-12-11-13-23(26)18-21-28(27)36-30(35)24-16-19-25(31)20-17-24/h11-14,16-22H,2-10,15H2,1H3,(H,33,34)/b32-22+. The lowest BCUT2D eigenvalue weighted by Crippen LogP contribution is -2.17. The molecule has 0 saturated heterocycles. The molecule has 5 nitrogen and oxygen atoms in total. The van der Waals surface area contributed by atoms with Crippen molar-refractivity contribution in [3.05, 3.63) is 76.8 Å². The van der Waals surface area contributed by atoms with Crippen LogP contribution in [-0.4, -0.2) is 18.1 Å². The number of amides is 1. The van der Waals surface area contributed by atoms with Crippen LogP contribution in [-0.2, 0) is 4.79 Å². The topological polar surface area (TPSA) is 67.8 Å². The van der Waals surface area contributed by atoms with Crippen LogP contribution in [0.25, 0.3) is 10.8 Å². The number of fused-ring (bicyclic) bond motifs is 1. The fourth-order valence-corrected chi connectivity index (χ4v) is 4.19. The molecule has 0 aromatic heterocycles. The normalized spacial score (nSPS) is 11.2. The Morgan fingerprint density at radius 2 is 1.53 bits per heavy atom. The lowest BCUT2D eigenvalue weighted by atomic mass is 10.0. The molecule has 3 rings (SSSR count). The van der Waals surface area contributed by atoms with Crippen LogP contribution in [0.5, 0.6) is 5.75 Å².